The molecule has 13 heavy (non-hydrogen) atoms. The Bertz CT molecular complexity index is 408. The smallest absolute Gasteiger partial charge is 0.129 e. The van der Waals surface area contributed by atoms with Crippen LogP contribution in [0, 0.1) is 6.92 Å². The van der Waals surface area contributed by atoms with Crippen molar-refractivity contribution in [1.29, 1.82) is 0 Å². The summed E-state index contributed by atoms with van der Waals surface area (Å²) in [5.74, 6) is 0. The van der Waals surface area contributed by atoms with Gasteiger partial charge in [0.25, 0.3) is 0 Å². The van der Waals surface area contributed by atoms with Gasteiger partial charge in [0.05, 0.1) is 0 Å². The summed E-state index contributed by atoms with van der Waals surface area (Å²) >= 11 is 5.71. The SMILES string of the molecule is Cc1cc(C=S(C)(N)=O)cc(Cl)n1. The second kappa shape index (κ2) is 3.65. The molecule has 0 fully saturated rings. The molecule has 0 radical (unpaired) electrons. The summed E-state index contributed by atoms with van der Waals surface area (Å²) in [5, 5.41) is 7.25. The van der Waals surface area contributed by atoms with Crippen molar-refractivity contribution in [1.82, 2.24) is 4.98 Å². The van der Waals surface area contributed by atoms with E-state index in [9.17, 15) is 4.21 Å². The number of hydrogen-bond acceptors (Lipinski definition) is 2. The van der Waals surface area contributed by atoms with Gasteiger partial charge in [-0.3, -0.25) is 9.35 Å². The molecule has 1 aromatic rings. The molecule has 5 heteroatoms. The lowest BCUT2D eigenvalue weighted by Gasteiger charge is -1.99. The zero-order valence-corrected chi connectivity index (χ0v) is 9.02. The Hall–Kier alpha value is -0.580. The first-order valence-corrected chi connectivity index (χ1v) is 6.10. The van der Waals surface area contributed by atoms with Gasteiger partial charge in [0.1, 0.15) is 5.15 Å². The van der Waals surface area contributed by atoms with E-state index in [0.717, 1.165) is 11.3 Å². The molecule has 0 aliphatic heterocycles. The van der Waals surface area contributed by atoms with Crippen LogP contribution < -0.4 is 5.14 Å². The molecule has 1 heterocycles. The molecule has 0 saturated heterocycles. The monoisotopic (exact) mass is 218 g/mol. The van der Waals surface area contributed by atoms with Gasteiger partial charge in [-0.15, -0.1) is 0 Å². The number of nitrogens with zero attached hydrogens (tertiary/aromatic N) is 1. The van der Waals surface area contributed by atoms with Gasteiger partial charge in [-0.2, -0.15) is 0 Å². The summed E-state index contributed by atoms with van der Waals surface area (Å²) in [5.41, 5.74) is 1.52. The highest BCUT2D eigenvalue weighted by Gasteiger charge is 1.97. The van der Waals surface area contributed by atoms with E-state index in [4.69, 9.17) is 16.7 Å². The van der Waals surface area contributed by atoms with Crippen molar-refractivity contribution >= 4 is 26.7 Å². The quantitative estimate of drug-likeness (QED) is 0.565. The Balaban J connectivity index is 3.25. The predicted molar refractivity (Wildman–Crippen MR) is 57.4 cm³/mol. The predicted octanol–water partition coefficient (Wildman–Crippen LogP) is 0.982. The third-order valence-electron chi connectivity index (χ3n) is 1.31. The van der Waals surface area contributed by atoms with Crippen LogP contribution >= 0.6 is 11.6 Å². The van der Waals surface area contributed by atoms with Gasteiger partial charge < -0.3 is 0 Å². The van der Waals surface area contributed by atoms with Gasteiger partial charge in [0, 0.05) is 27.0 Å². The average molecular weight is 219 g/mol. The first-order chi connectivity index (χ1) is 5.87. The molecule has 0 bridgehead atoms. The van der Waals surface area contributed by atoms with Crippen LogP contribution in [0.25, 0.3) is 0 Å². The standard InChI is InChI=1S/C8H11ClN2OS/c1-6-3-7(4-8(9)11-6)5-13(2,10)12/h3-5H,1-2H3,(H2,10,12). The van der Waals surface area contributed by atoms with Gasteiger partial charge in [0.2, 0.25) is 0 Å². The van der Waals surface area contributed by atoms with Crippen LogP contribution in [-0.4, -0.2) is 20.8 Å². The fraction of sp³-hybridized carbons (Fsp3) is 0.250. The van der Waals surface area contributed by atoms with Crippen molar-refractivity contribution in [3.63, 3.8) is 0 Å². The lowest BCUT2D eigenvalue weighted by molar-refractivity contribution is 0.686. The highest BCUT2D eigenvalue weighted by atomic mass is 35.5. The highest BCUT2D eigenvalue weighted by molar-refractivity contribution is 7.98. The minimum atomic E-state index is -2.37. The Morgan fingerprint density at radius 3 is 2.69 bits per heavy atom. The molecule has 1 aromatic heterocycles. The molecule has 1 rings (SSSR count). The fourth-order valence-electron chi connectivity index (χ4n) is 0.992. The third-order valence-corrected chi connectivity index (χ3v) is 2.25. The Morgan fingerprint density at radius 1 is 1.62 bits per heavy atom. The maximum Gasteiger partial charge on any atom is 0.129 e. The van der Waals surface area contributed by atoms with E-state index in [1.54, 1.807) is 12.1 Å². The van der Waals surface area contributed by atoms with Crippen LogP contribution in [0.15, 0.2) is 12.1 Å². The number of aromatic nitrogens is 1. The minimum Gasteiger partial charge on any atom is -0.259 e. The van der Waals surface area contributed by atoms with Crippen LogP contribution in [0.5, 0.6) is 0 Å². The average Bonchev–Trinajstić information content (AvgIpc) is 1.78. The summed E-state index contributed by atoms with van der Waals surface area (Å²) in [7, 11) is -2.37. The summed E-state index contributed by atoms with van der Waals surface area (Å²) in [6.45, 7) is 1.82. The van der Waals surface area contributed by atoms with Gasteiger partial charge in [-0.25, -0.2) is 4.98 Å². The molecule has 0 aliphatic rings. The molecule has 0 saturated carbocycles. The number of hydrogen-bond donors (Lipinski definition) is 1. The molecular weight excluding hydrogens is 208 g/mol. The topological polar surface area (TPSA) is 56.0 Å². The van der Waals surface area contributed by atoms with Crippen molar-refractivity contribution in [3.8, 4) is 0 Å². The summed E-state index contributed by atoms with van der Waals surface area (Å²) < 4.78 is 11.2. The number of nitrogens with two attached hydrogens (primary N) is 1. The Morgan fingerprint density at radius 2 is 2.23 bits per heavy atom. The van der Waals surface area contributed by atoms with Crippen molar-refractivity contribution < 1.29 is 4.21 Å². The van der Waals surface area contributed by atoms with Crippen molar-refractivity contribution in [3.05, 3.63) is 28.5 Å². The summed E-state index contributed by atoms with van der Waals surface area (Å²) in [6, 6.07) is 3.41. The maximum absolute atomic E-state index is 11.2. The number of rotatable bonds is 1. The van der Waals surface area contributed by atoms with Crippen molar-refractivity contribution in [2.24, 2.45) is 5.14 Å². The van der Waals surface area contributed by atoms with Crippen molar-refractivity contribution in [2.75, 3.05) is 6.26 Å². The molecule has 0 aliphatic carbocycles. The van der Waals surface area contributed by atoms with Gasteiger partial charge in [0.15, 0.2) is 0 Å². The van der Waals surface area contributed by atoms with E-state index in [2.05, 4.69) is 4.98 Å². The Labute approximate surface area is 83.1 Å². The Kier molecular flexibility index (Phi) is 2.95. The van der Waals surface area contributed by atoms with E-state index in [1.807, 2.05) is 6.92 Å². The normalized spacial score (nSPS) is 15.1. The lowest BCUT2D eigenvalue weighted by Crippen LogP contribution is -2.13. The number of pyridine rings is 1. The van der Waals surface area contributed by atoms with Crippen LogP contribution in [0.1, 0.15) is 11.3 Å². The van der Waals surface area contributed by atoms with E-state index >= 15 is 0 Å². The summed E-state index contributed by atoms with van der Waals surface area (Å²) in [6.07, 6.45) is 1.47. The van der Waals surface area contributed by atoms with Crippen LogP contribution in [0.4, 0.5) is 0 Å². The summed E-state index contributed by atoms with van der Waals surface area (Å²) in [4.78, 5) is 3.98. The minimum absolute atomic E-state index is 0.384. The third kappa shape index (κ3) is 3.76. The lowest BCUT2D eigenvalue weighted by atomic mass is 10.2. The molecule has 1 unspecified atom stereocenters. The maximum atomic E-state index is 11.2. The second-order valence-corrected chi connectivity index (χ2v) is 5.51. The van der Waals surface area contributed by atoms with Gasteiger partial charge >= 0.3 is 0 Å². The zero-order chi connectivity index (χ0) is 10.1. The molecule has 0 amide bonds. The first-order valence-electron chi connectivity index (χ1n) is 3.63. The number of aryl methyl sites for hydroxylation is 1. The molecule has 72 valence electrons. The molecule has 2 N–H and O–H groups in total. The van der Waals surface area contributed by atoms with E-state index < -0.39 is 9.71 Å². The largest absolute Gasteiger partial charge is 0.259 e. The van der Waals surface area contributed by atoms with E-state index in [0.29, 0.717) is 5.15 Å². The number of halogens is 1. The molecule has 3 nitrogen and oxygen atoms in total. The molecule has 1 atom stereocenters. The fourth-order valence-corrected chi connectivity index (χ4v) is 1.93. The first kappa shape index (κ1) is 10.5. The van der Waals surface area contributed by atoms with E-state index in [-0.39, 0.29) is 0 Å². The van der Waals surface area contributed by atoms with Gasteiger partial charge in [-0.1, -0.05) is 11.6 Å². The molecule has 0 aromatic carbocycles. The highest BCUT2D eigenvalue weighted by Crippen LogP contribution is 2.08. The van der Waals surface area contributed by atoms with Crippen LogP contribution in [-0.2, 0) is 9.71 Å². The zero-order valence-electron chi connectivity index (χ0n) is 7.45. The van der Waals surface area contributed by atoms with Crippen molar-refractivity contribution in [2.45, 2.75) is 6.92 Å². The van der Waals surface area contributed by atoms with E-state index in [1.165, 1.54) is 11.6 Å². The second-order valence-electron chi connectivity index (χ2n) is 2.95. The molecular formula is C8H11ClN2OS. The molecule has 0 spiro atoms. The van der Waals surface area contributed by atoms with Crippen LogP contribution in [0.2, 0.25) is 5.15 Å². The van der Waals surface area contributed by atoms with Gasteiger partial charge in [-0.05, 0) is 24.6 Å². The van der Waals surface area contributed by atoms with Crippen LogP contribution in [0.3, 0.4) is 0 Å².